The number of ketones is 1. The summed E-state index contributed by atoms with van der Waals surface area (Å²) in [5.74, 6) is 0.266. The normalized spacial score (nSPS) is 15.5. The van der Waals surface area contributed by atoms with Crippen molar-refractivity contribution in [2.45, 2.75) is 26.7 Å². The molecule has 21 heavy (non-hydrogen) atoms. The van der Waals surface area contributed by atoms with E-state index in [-0.39, 0.29) is 5.78 Å². The predicted octanol–water partition coefficient (Wildman–Crippen LogP) is 3.65. The van der Waals surface area contributed by atoms with Crippen LogP contribution in [0.5, 0.6) is 0 Å². The Bertz CT molecular complexity index is 632. The molecule has 2 nitrogen and oxygen atoms in total. The molecule has 1 aromatic carbocycles. The second-order valence-electron chi connectivity index (χ2n) is 5.79. The van der Waals surface area contributed by atoms with Crippen LogP contribution in [0.1, 0.15) is 31.2 Å². The number of carbonyl (C=O) groups is 1. The first kappa shape index (κ1) is 14.5. The van der Waals surface area contributed by atoms with Gasteiger partial charge in [-0.25, -0.2) is 0 Å². The Morgan fingerprint density at radius 3 is 2.29 bits per heavy atom. The van der Waals surface area contributed by atoms with Crippen molar-refractivity contribution in [1.82, 2.24) is 4.90 Å². The van der Waals surface area contributed by atoms with Crippen molar-refractivity contribution in [3.63, 3.8) is 0 Å². The molecule has 110 valence electrons. The summed E-state index contributed by atoms with van der Waals surface area (Å²) in [6.45, 7) is 6.61. The van der Waals surface area contributed by atoms with E-state index in [1.54, 1.807) is 11.3 Å². The zero-order chi connectivity index (χ0) is 14.8. The summed E-state index contributed by atoms with van der Waals surface area (Å²) in [7, 11) is 0. The lowest BCUT2D eigenvalue weighted by Gasteiger charge is -2.18. The summed E-state index contributed by atoms with van der Waals surface area (Å²) in [6, 6.07) is 10.7. The Morgan fingerprint density at radius 2 is 1.76 bits per heavy atom. The Morgan fingerprint density at radius 1 is 1.14 bits per heavy atom. The third-order valence-corrected chi connectivity index (χ3v) is 5.19. The van der Waals surface area contributed by atoms with E-state index < -0.39 is 0 Å². The van der Waals surface area contributed by atoms with E-state index in [9.17, 15) is 4.79 Å². The molecule has 0 atom stereocenters. The number of rotatable bonds is 3. The lowest BCUT2D eigenvalue weighted by molar-refractivity contribution is 0.0933. The van der Waals surface area contributed by atoms with Gasteiger partial charge in [0.2, 0.25) is 0 Å². The third kappa shape index (κ3) is 3.25. The van der Waals surface area contributed by atoms with Crippen molar-refractivity contribution in [2.75, 3.05) is 19.6 Å². The zero-order valence-corrected chi connectivity index (χ0v) is 13.5. The minimum absolute atomic E-state index is 0.266. The number of nitrogens with zero attached hydrogens (tertiary/aromatic N) is 1. The lowest BCUT2D eigenvalue weighted by Crippen LogP contribution is -2.32. The fourth-order valence-corrected chi connectivity index (χ4v) is 4.01. The average molecular weight is 299 g/mol. The zero-order valence-electron chi connectivity index (χ0n) is 12.7. The molecule has 0 N–H and O–H groups in total. The molecule has 0 amide bonds. The van der Waals surface area contributed by atoms with Gasteiger partial charge in [0.05, 0.1) is 6.54 Å². The Balaban J connectivity index is 1.67. The van der Waals surface area contributed by atoms with Crippen LogP contribution in [0.25, 0.3) is 0 Å². The smallest absolute Gasteiger partial charge is 0.177 e. The molecule has 3 heteroatoms. The van der Waals surface area contributed by atoms with E-state index >= 15 is 0 Å². The molecule has 0 aliphatic carbocycles. The van der Waals surface area contributed by atoms with Crippen LogP contribution < -0.4 is 0 Å². The average Bonchev–Trinajstić information content (AvgIpc) is 2.69. The number of hydrogen-bond donors (Lipinski definition) is 0. The van der Waals surface area contributed by atoms with Crippen LogP contribution in [-0.4, -0.2) is 30.3 Å². The van der Waals surface area contributed by atoms with Gasteiger partial charge >= 0.3 is 0 Å². The van der Waals surface area contributed by atoms with Crippen LogP contribution in [0.4, 0.5) is 0 Å². The summed E-state index contributed by atoms with van der Waals surface area (Å²) < 4.78 is 0. The summed E-state index contributed by atoms with van der Waals surface area (Å²) in [4.78, 5) is 17.2. The van der Waals surface area contributed by atoms with Crippen LogP contribution in [0.3, 0.4) is 0 Å². The summed E-state index contributed by atoms with van der Waals surface area (Å²) in [6.07, 6.45) is 2.09. The van der Waals surface area contributed by atoms with Crippen molar-refractivity contribution in [3.8, 4) is 0 Å². The van der Waals surface area contributed by atoms with Crippen LogP contribution in [0.15, 0.2) is 30.3 Å². The molecular formula is C18H21NOS. The van der Waals surface area contributed by atoms with Crippen molar-refractivity contribution in [2.24, 2.45) is 0 Å². The first-order valence-electron chi connectivity index (χ1n) is 7.53. The highest BCUT2D eigenvalue weighted by molar-refractivity contribution is 7.12. The van der Waals surface area contributed by atoms with Gasteiger partial charge in [-0.15, -0.1) is 11.3 Å². The van der Waals surface area contributed by atoms with Crippen molar-refractivity contribution in [3.05, 3.63) is 56.8 Å². The number of carbonyl (C=O) groups excluding carboxylic acids is 1. The molecule has 1 aliphatic heterocycles. The highest BCUT2D eigenvalue weighted by Gasteiger charge is 2.18. The van der Waals surface area contributed by atoms with Gasteiger partial charge in [-0.2, -0.15) is 0 Å². The monoisotopic (exact) mass is 299 g/mol. The first-order valence-corrected chi connectivity index (χ1v) is 8.34. The molecule has 0 saturated heterocycles. The molecule has 1 aromatic heterocycles. The Kier molecular flexibility index (Phi) is 4.22. The summed E-state index contributed by atoms with van der Waals surface area (Å²) >= 11 is 1.71. The minimum Gasteiger partial charge on any atom is -0.295 e. The highest BCUT2D eigenvalue weighted by Crippen LogP contribution is 2.22. The highest BCUT2D eigenvalue weighted by atomic mass is 32.1. The fourth-order valence-electron chi connectivity index (χ4n) is 3.07. The Hall–Kier alpha value is -1.45. The number of Topliss-reactive ketones (excluding diaryl/α,β-unsaturated/α-hetero) is 1. The van der Waals surface area contributed by atoms with Crippen LogP contribution in [0, 0.1) is 13.8 Å². The quantitative estimate of drug-likeness (QED) is 0.806. The molecule has 2 heterocycles. The number of benzene rings is 1. The maximum Gasteiger partial charge on any atom is 0.177 e. The van der Waals surface area contributed by atoms with E-state index in [0.717, 1.165) is 36.4 Å². The second kappa shape index (κ2) is 6.12. The molecule has 0 radical (unpaired) electrons. The van der Waals surface area contributed by atoms with Gasteiger partial charge in [-0.3, -0.25) is 9.69 Å². The van der Waals surface area contributed by atoms with Gasteiger partial charge in [0.25, 0.3) is 0 Å². The standard InChI is InChI=1S/C18H21NOS/c1-13-11-17(14(2)21-13)18(20)12-19-9-7-15-5-3-4-6-16(15)8-10-19/h3-6,11H,7-10,12H2,1-2H3. The SMILES string of the molecule is Cc1cc(C(=O)CN2CCc3ccccc3CC2)c(C)s1. The van der Waals surface area contributed by atoms with Crippen molar-refractivity contribution >= 4 is 17.1 Å². The van der Waals surface area contributed by atoms with E-state index in [1.165, 1.54) is 16.0 Å². The molecule has 2 aromatic rings. The van der Waals surface area contributed by atoms with Crippen molar-refractivity contribution in [1.29, 1.82) is 0 Å². The molecule has 1 aliphatic rings. The molecule has 0 bridgehead atoms. The largest absolute Gasteiger partial charge is 0.295 e. The van der Waals surface area contributed by atoms with Crippen LogP contribution in [-0.2, 0) is 12.8 Å². The molecule has 3 rings (SSSR count). The third-order valence-electron chi connectivity index (χ3n) is 4.22. The maximum absolute atomic E-state index is 12.5. The topological polar surface area (TPSA) is 20.3 Å². The number of thiophene rings is 1. The maximum atomic E-state index is 12.5. The van der Waals surface area contributed by atoms with Gasteiger partial charge in [-0.1, -0.05) is 24.3 Å². The van der Waals surface area contributed by atoms with Crippen molar-refractivity contribution < 1.29 is 4.79 Å². The number of hydrogen-bond acceptors (Lipinski definition) is 3. The first-order chi connectivity index (χ1) is 10.1. The van der Waals surface area contributed by atoms with E-state index in [2.05, 4.69) is 36.1 Å². The number of fused-ring (bicyclic) bond motifs is 1. The minimum atomic E-state index is 0.266. The molecule has 0 fully saturated rings. The molecular weight excluding hydrogens is 278 g/mol. The van der Waals surface area contributed by atoms with Gasteiger partial charge in [0.1, 0.15) is 0 Å². The Labute approximate surface area is 130 Å². The van der Waals surface area contributed by atoms with Gasteiger partial charge in [0, 0.05) is 28.4 Å². The van der Waals surface area contributed by atoms with E-state index in [0.29, 0.717) is 6.54 Å². The molecule has 0 saturated carbocycles. The van der Waals surface area contributed by atoms with E-state index in [4.69, 9.17) is 0 Å². The molecule has 0 unspecified atom stereocenters. The van der Waals surface area contributed by atoms with Gasteiger partial charge in [0.15, 0.2) is 5.78 Å². The van der Waals surface area contributed by atoms with Crippen LogP contribution >= 0.6 is 11.3 Å². The van der Waals surface area contributed by atoms with Crippen LogP contribution in [0.2, 0.25) is 0 Å². The predicted molar refractivity (Wildman–Crippen MR) is 88.4 cm³/mol. The summed E-state index contributed by atoms with van der Waals surface area (Å²) in [5, 5.41) is 0. The lowest BCUT2D eigenvalue weighted by atomic mass is 10.0. The summed E-state index contributed by atoms with van der Waals surface area (Å²) in [5.41, 5.74) is 3.80. The number of aryl methyl sites for hydroxylation is 2. The van der Waals surface area contributed by atoms with E-state index in [1.807, 2.05) is 13.0 Å². The fraction of sp³-hybridized carbons (Fsp3) is 0.389. The van der Waals surface area contributed by atoms with Gasteiger partial charge in [-0.05, 0) is 43.9 Å². The molecule has 0 spiro atoms. The second-order valence-corrected chi connectivity index (χ2v) is 7.26. The van der Waals surface area contributed by atoms with Gasteiger partial charge < -0.3 is 0 Å².